The van der Waals surface area contributed by atoms with Crippen LogP contribution in [0.2, 0.25) is 0 Å². The molecule has 0 aliphatic heterocycles. The third-order valence-electron chi connectivity index (χ3n) is 1.37. The van der Waals surface area contributed by atoms with Crippen LogP contribution in [0.5, 0.6) is 0 Å². The van der Waals surface area contributed by atoms with Crippen molar-refractivity contribution in [3.05, 3.63) is 34.9 Å². The monoisotopic (exact) mass is 143 g/mol. The maximum absolute atomic E-state index is 2.19. The second kappa shape index (κ2) is 4.17. The Labute approximate surface area is 84.9 Å². The van der Waals surface area contributed by atoms with E-state index < -0.39 is 0 Å². The van der Waals surface area contributed by atoms with Crippen LogP contribution in [0.25, 0.3) is 0 Å². The molecule has 0 saturated carbocycles. The van der Waals surface area contributed by atoms with Crippen LogP contribution in [-0.2, 0) is 0 Å². The molecule has 0 aliphatic carbocycles. The Hall–Kier alpha value is 0.220. The number of rotatable bonds is 0. The summed E-state index contributed by atoms with van der Waals surface area (Å²) in [6.45, 7) is 6.38. The van der Waals surface area contributed by atoms with E-state index in [1.165, 1.54) is 16.7 Å². The summed E-state index contributed by atoms with van der Waals surface area (Å²) >= 11 is 0. The molecule has 1 radical (unpaired) electrons. The van der Waals surface area contributed by atoms with Gasteiger partial charge < -0.3 is 0 Å². The number of hydrogen-bond donors (Lipinski definition) is 0. The molecular formula is C9H12Na. The van der Waals surface area contributed by atoms with Gasteiger partial charge in [0.1, 0.15) is 0 Å². The van der Waals surface area contributed by atoms with Crippen LogP contribution in [0.1, 0.15) is 16.7 Å². The van der Waals surface area contributed by atoms with Crippen molar-refractivity contribution in [3.8, 4) is 0 Å². The predicted octanol–water partition coefficient (Wildman–Crippen LogP) is 2.23. The molecule has 0 N–H and O–H groups in total. The summed E-state index contributed by atoms with van der Waals surface area (Å²) in [7, 11) is 0. The fraction of sp³-hybridized carbons (Fsp3) is 0.333. The van der Waals surface area contributed by atoms with Gasteiger partial charge in [0.05, 0.1) is 0 Å². The topological polar surface area (TPSA) is 0 Å². The van der Waals surface area contributed by atoms with E-state index in [2.05, 4.69) is 39.0 Å². The first-order valence-electron chi connectivity index (χ1n) is 3.23. The molecule has 0 amide bonds. The standard InChI is InChI=1S/C9H12.Na/c1-7-4-8(2)6-9(3)5-7;/h4-6H,1-3H3;. The molecule has 0 nitrogen and oxygen atoms in total. The van der Waals surface area contributed by atoms with Crippen molar-refractivity contribution in [1.82, 2.24) is 0 Å². The van der Waals surface area contributed by atoms with Crippen LogP contribution in [0.15, 0.2) is 18.2 Å². The Morgan fingerprint density at radius 2 is 0.900 bits per heavy atom. The fourth-order valence-electron chi connectivity index (χ4n) is 1.20. The summed E-state index contributed by atoms with van der Waals surface area (Å²) in [6.07, 6.45) is 0. The second-order valence-electron chi connectivity index (χ2n) is 2.67. The van der Waals surface area contributed by atoms with Gasteiger partial charge >= 0.3 is 0 Å². The normalized spacial score (nSPS) is 8.70. The van der Waals surface area contributed by atoms with Crippen molar-refractivity contribution in [2.45, 2.75) is 20.8 Å². The van der Waals surface area contributed by atoms with E-state index in [0.29, 0.717) is 0 Å². The van der Waals surface area contributed by atoms with Gasteiger partial charge in [0, 0.05) is 29.6 Å². The molecule has 0 spiro atoms. The van der Waals surface area contributed by atoms with Gasteiger partial charge in [-0.05, 0) is 20.8 Å². The van der Waals surface area contributed by atoms with Crippen LogP contribution in [0, 0.1) is 20.8 Å². The van der Waals surface area contributed by atoms with Crippen LogP contribution in [0.4, 0.5) is 0 Å². The van der Waals surface area contributed by atoms with Crippen molar-refractivity contribution in [2.24, 2.45) is 0 Å². The molecule has 1 rings (SSSR count). The van der Waals surface area contributed by atoms with E-state index in [9.17, 15) is 0 Å². The van der Waals surface area contributed by atoms with Gasteiger partial charge in [0.2, 0.25) is 0 Å². The van der Waals surface area contributed by atoms with Crippen LogP contribution in [0.3, 0.4) is 0 Å². The number of benzene rings is 1. The zero-order valence-electron chi connectivity index (χ0n) is 7.23. The van der Waals surface area contributed by atoms with Gasteiger partial charge in [-0.25, -0.2) is 0 Å². The van der Waals surface area contributed by atoms with Gasteiger partial charge in [-0.3, -0.25) is 0 Å². The minimum absolute atomic E-state index is 0. The fourth-order valence-corrected chi connectivity index (χ4v) is 1.20. The molecule has 1 aromatic rings. The Balaban J connectivity index is 0.000000810. The summed E-state index contributed by atoms with van der Waals surface area (Å²) in [5.74, 6) is 0. The minimum atomic E-state index is 0. The number of hydrogen-bond acceptors (Lipinski definition) is 0. The predicted molar refractivity (Wildman–Crippen MR) is 46.4 cm³/mol. The van der Waals surface area contributed by atoms with Crippen molar-refractivity contribution < 1.29 is 0 Å². The van der Waals surface area contributed by atoms with Crippen LogP contribution >= 0.6 is 0 Å². The molecule has 0 aromatic heterocycles. The van der Waals surface area contributed by atoms with Crippen molar-refractivity contribution in [3.63, 3.8) is 0 Å². The zero-order valence-corrected chi connectivity index (χ0v) is 9.23. The minimum Gasteiger partial charge on any atom is -0.0564 e. The average Bonchev–Trinajstić information content (AvgIpc) is 1.59. The molecule has 49 valence electrons. The van der Waals surface area contributed by atoms with Crippen molar-refractivity contribution in [1.29, 1.82) is 0 Å². The average molecular weight is 143 g/mol. The largest absolute Gasteiger partial charge is 0.0564 e. The Morgan fingerprint density at radius 3 is 1.10 bits per heavy atom. The smallest absolute Gasteiger partial charge is 0 e. The van der Waals surface area contributed by atoms with E-state index >= 15 is 0 Å². The Morgan fingerprint density at radius 1 is 0.700 bits per heavy atom. The molecule has 1 aromatic carbocycles. The third kappa shape index (κ3) is 2.87. The SMILES string of the molecule is Cc1cc(C)cc(C)c1.[Na]. The van der Waals surface area contributed by atoms with E-state index in [-0.39, 0.29) is 29.6 Å². The Kier molecular flexibility index (Phi) is 4.26. The molecule has 10 heavy (non-hydrogen) atoms. The quantitative estimate of drug-likeness (QED) is 0.488. The Bertz CT molecular complexity index is 165. The molecule has 0 fully saturated rings. The molecule has 0 unspecified atom stereocenters. The first-order chi connectivity index (χ1) is 4.18. The van der Waals surface area contributed by atoms with Crippen molar-refractivity contribution in [2.75, 3.05) is 0 Å². The summed E-state index contributed by atoms with van der Waals surface area (Å²) in [5, 5.41) is 0. The van der Waals surface area contributed by atoms with E-state index in [0.717, 1.165) is 0 Å². The maximum Gasteiger partial charge on any atom is 0 e. The van der Waals surface area contributed by atoms with Gasteiger partial charge in [-0.15, -0.1) is 0 Å². The van der Waals surface area contributed by atoms with Gasteiger partial charge in [-0.1, -0.05) is 34.9 Å². The molecule has 0 saturated heterocycles. The summed E-state index contributed by atoms with van der Waals surface area (Å²) < 4.78 is 0. The molecule has 0 atom stereocenters. The molecule has 1 heteroatoms. The second-order valence-corrected chi connectivity index (χ2v) is 2.67. The number of aryl methyl sites for hydroxylation is 3. The molecule has 0 bridgehead atoms. The molecule has 0 heterocycles. The van der Waals surface area contributed by atoms with Gasteiger partial charge in [0.15, 0.2) is 0 Å². The summed E-state index contributed by atoms with van der Waals surface area (Å²) in [5.41, 5.74) is 4.06. The summed E-state index contributed by atoms with van der Waals surface area (Å²) in [4.78, 5) is 0. The zero-order chi connectivity index (χ0) is 6.85. The van der Waals surface area contributed by atoms with Gasteiger partial charge in [0.25, 0.3) is 0 Å². The molecule has 0 aliphatic rings. The van der Waals surface area contributed by atoms with Crippen LogP contribution < -0.4 is 0 Å². The van der Waals surface area contributed by atoms with E-state index in [4.69, 9.17) is 0 Å². The third-order valence-corrected chi connectivity index (χ3v) is 1.37. The maximum atomic E-state index is 2.19. The van der Waals surface area contributed by atoms with Crippen LogP contribution in [-0.4, -0.2) is 29.6 Å². The first kappa shape index (κ1) is 10.2. The van der Waals surface area contributed by atoms with E-state index in [1.807, 2.05) is 0 Å². The first-order valence-corrected chi connectivity index (χ1v) is 3.23. The van der Waals surface area contributed by atoms with E-state index in [1.54, 1.807) is 0 Å². The molecular weight excluding hydrogens is 131 g/mol. The van der Waals surface area contributed by atoms with Gasteiger partial charge in [-0.2, -0.15) is 0 Å². The van der Waals surface area contributed by atoms with Crippen molar-refractivity contribution >= 4 is 29.6 Å². The summed E-state index contributed by atoms with van der Waals surface area (Å²) in [6, 6.07) is 6.56.